The Kier molecular flexibility index (Phi) is 5.40. The highest BCUT2D eigenvalue weighted by atomic mass is 16.7. The van der Waals surface area contributed by atoms with Crippen LogP contribution in [0.3, 0.4) is 0 Å². The lowest BCUT2D eigenvalue weighted by molar-refractivity contribution is -0.0615. The van der Waals surface area contributed by atoms with Crippen LogP contribution in [-0.4, -0.2) is 16.9 Å². The minimum Gasteiger partial charge on any atom is -0.449 e. The Morgan fingerprint density at radius 2 is 1.65 bits per heavy atom. The van der Waals surface area contributed by atoms with Gasteiger partial charge < -0.3 is 14.6 Å². The minimum atomic E-state index is -1.31. The molecule has 1 unspecified atom stereocenters. The smallest absolute Gasteiger partial charge is 0.449 e. The molecule has 2 rings (SSSR count). The van der Waals surface area contributed by atoms with Gasteiger partial charge in [-0.25, -0.2) is 4.79 Å². The monoisotopic (exact) mass is 314 g/mol. The van der Waals surface area contributed by atoms with Gasteiger partial charge in [0, 0.05) is 6.42 Å². The quantitative estimate of drug-likeness (QED) is 0.633. The molecule has 122 valence electrons. The van der Waals surface area contributed by atoms with Crippen molar-refractivity contribution >= 4 is 6.16 Å². The molecule has 0 aliphatic carbocycles. The second-order valence-electron chi connectivity index (χ2n) is 6.31. The summed E-state index contributed by atoms with van der Waals surface area (Å²) in [7, 11) is 0. The van der Waals surface area contributed by atoms with Crippen LogP contribution in [0.4, 0.5) is 4.79 Å². The molecule has 4 heteroatoms. The van der Waals surface area contributed by atoms with Crippen molar-refractivity contribution in [3.05, 3.63) is 65.7 Å². The van der Waals surface area contributed by atoms with Crippen molar-refractivity contribution in [3.63, 3.8) is 0 Å². The molecule has 1 atom stereocenters. The van der Waals surface area contributed by atoms with Crippen LogP contribution >= 0.6 is 0 Å². The van der Waals surface area contributed by atoms with Gasteiger partial charge in [0.05, 0.1) is 11.7 Å². The molecule has 0 heterocycles. The maximum atomic E-state index is 10.9. The molecule has 0 fully saturated rings. The summed E-state index contributed by atoms with van der Waals surface area (Å²) in [4.78, 5) is 10.9. The lowest BCUT2D eigenvalue weighted by Crippen LogP contribution is -2.24. The third-order valence-corrected chi connectivity index (χ3v) is 3.24. The fourth-order valence-electron chi connectivity index (χ4n) is 2.39. The Bertz CT molecular complexity index is 644. The Morgan fingerprint density at radius 1 is 1.04 bits per heavy atom. The SMILES string of the molecule is CC(C)(C)OC(Cc1ccccc1OC(=O)O)c1ccccc1. The molecule has 23 heavy (non-hydrogen) atoms. The van der Waals surface area contributed by atoms with E-state index in [-0.39, 0.29) is 11.7 Å². The van der Waals surface area contributed by atoms with Crippen LogP contribution in [0, 0.1) is 0 Å². The van der Waals surface area contributed by atoms with Gasteiger partial charge in [-0.1, -0.05) is 48.5 Å². The summed E-state index contributed by atoms with van der Waals surface area (Å²) in [5.41, 5.74) is 1.53. The van der Waals surface area contributed by atoms with Crippen LogP contribution in [0.15, 0.2) is 54.6 Å². The summed E-state index contributed by atoms with van der Waals surface area (Å²) in [5, 5.41) is 8.88. The van der Waals surface area contributed by atoms with Crippen molar-refractivity contribution < 1.29 is 19.4 Å². The first-order valence-electron chi connectivity index (χ1n) is 7.56. The molecular weight excluding hydrogens is 292 g/mol. The first kappa shape index (κ1) is 17.0. The number of para-hydroxylation sites is 1. The van der Waals surface area contributed by atoms with E-state index in [4.69, 9.17) is 14.6 Å². The third-order valence-electron chi connectivity index (χ3n) is 3.24. The summed E-state index contributed by atoms with van der Waals surface area (Å²) >= 11 is 0. The first-order valence-corrected chi connectivity index (χ1v) is 7.56. The van der Waals surface area contributed by atoms with Crippen molar-refractivity contribution in [1.29, 1.82) is 0 Å². The zero-order chi connectivity index (χ0) is 16.9. The molecule has 0 amide bonds. The molecule has 1 N–H and O–H groups in total. The Labute approximate surface area is 136 Å². The Balaban J connectivity index is 2.30. The summed E-state index contributed by atoms with van der Waals surface area (Å²) in [6.45, 7) is 6.01. The van der Waals surface area contributed by atoms with E-state index in [1.54, 1.807) is 12.1 Å². The number of benzene rings is 2. The van der Waals surface area contributed by atoms with Crippen LogP contribution in [0.1, 0.15) is 38.0 Å². The number of carboxylic acid groups (broad SMARTS) is 1. The second-order valence-corrected chi connectivity index (χ2v) is 6.31. The van der Waals surface area contributed by atoms with Crippen molar-refractivity contribution in [3.8, 4) is 5.75 Å². The van der Waals surface area contributed by atoms with Gasteiger partial charge in [0.2, 0.25) is 0 Å². The number of hydrogen-bond acceptors (Lipinski definition) is 3. The molecule has 0 radical (unpaired) electrons. The molecule has 0 aliphatic heterocycles. The fraction of sp³-hybridized carbons (Fsp3) is 0.316. The number of rotatable bonds is 5. The van der Waals surface area contributed by atoms with Crippen molar-refractivity contribution in [1.82, 2.24) is 0 Å². The van der Waals surface area contributed by atoms with Crippen LogP contribution in [0.5, 0.6) is 5.75 Å². The average molecular weight is 314 g/mol. The van der Waals surface area contributed by atoms with Crippen molar-refractivity contribution in [2.24, 2.45) is 0 Å². The maximum Gasteiger partial charge on any atom is 0.511 e. The highest BCUT2D eigenvalue weighted by molar-refractivity contribution is 5.62. The molecule has 0 aliphatic rings. The fourth-order valence-corrected chi connectivity index (χ4v) is 2.39. The molecule has 0 spiro atoms. The van der Waals surface area contributed by atoms with Gasteiger partial charge in [-0.05, 0) is 38.0 Å². The van der Waals surface area contributed by atoms with E-state index in [9.17, 15) is 4.79 Å². The van der Waals surface area contributed by atoms with Crippen molar-refractivity contribution in [2.45, 2.75) is 38.9 Å². The molecule has 2 aromatic rings. The normalized spacial score (nSPS) is 12.7. The summed E-state index contributed by atoms with van der Waals surface area (Å²) in [6, 6.07) is 17.0. The van der Waals surface area contributed by atoms with Crippen molar-refractivity contribution in [2.75, 3.05) is 0 Å². The molecule has 0 bridgehead atoms. The van der Waals surface area contributed by atoms with Gasteiger partial charge in [0.25, 0.3) is 0 Å². The van der Waals surface area contributed by atoms with Gasteiger partial charge in [-0.2, -0.15) is 0 Å². The Hall–Kier alpha value is -2.33. The average Bonchev–Trinajstić information content (AvgIpc) is 2.47. The molecule has 0 aromatic heterocycles. The zero-order valence-corrected chi connectivity index (χ0v) is 13.7. The van der Waals surface area contributed by atoms with E-state index in [1.807, 2.05) is 63.2 Å². The second kappa shape index (κ2) is 7.29. The highest BCUT2D eigenvalue weighted by Gasteiger charge is 2.22. The third kappa shape index (κ3) is 5.42. The Morgan fingerprint density at radius 3 is 2.26 bits per heavy atom. The lowest BCUT2D eigenvalue weighted by Gasteiger charge is -2.28. The standard InChI is InChI=1S/C19H22O4/c1-19(2,3)23-17(14-9-5-4-6-10-14)13-15-11-7-8-12-16(15)22-18(20)21/h4-12,17H,13H2,1-3H3,(H,20,21). The van der Waals surface area contributed by atoms with E-state index in [0.29, 0.717) is 12.2 Å². The van der Waals surface area contributed by atoms with E-state index >= 15 is 0 Å². The van der Waals surface area contributed by atoms with E-state index in [2.05, 4.69) is 0 Å². The molecule has 0 saturated heterocycles. The van der Waals surface area contributed by atoms with Crippen LogP contribution < -0.4 is 4.74 Å². The summed E-state index contributed by atoms with van der Waals surface area (Å²) in [6.07, 6.45) is -0.967. The van der Waals surface area contributed by atoms with E-state index in [1.165, 1.54) is 0 Å². The number of carbonyl (C=O) groups is 1. The van der Waals surface area contributed by atoms with Gasteiger partial charge in [0.1, 0.15) is 5.75 Å². The molecule has 4 nitrogen and oxygen atoms in total. The van der Waals surface area contributed by atoms with Crippen LogP contribution in [0.25, 0.3) is 0 Å². The molecular formula is C19H22O4. The predicted octanol–water partition coefficient (Wildman–Crippen LogP) is 4.84. The predicted molar refractivity (Wildman–Crippen MR) is 88.8 cm³/mol. The topological polar surface area (TPSA) is 55.8 Å². The lowest BCUT2D eigenvalue weighted by atomic mass is 9.99. The van der Waals surface area contributed by atoms with Gasteiger partial charge in [-0.3, -0.25) is 0 Å². The largest absolute Gasteiger partial charge is 0.511 e. The van der Waals surface area contributed by atoms with Gasteiger partial charge >= 0.3 is 6.16 Å². The van der Waals surface area contributed by atoms with Gasteiger partial charge in [0.15, 0.2) is 0 Å². The van der Waals surface area contributed by atoms with Crippen LogP contribution in [-0.2, 0) is 11.2 Å². The zero-order valence-electron chi connectivity index (χ0n) is 13.7. The minimum absolute atomic E-state index is 0.185. The highest BCUT2D eigenvalue weighted by Crippen LogP contribution is 2.30. The van der Waals surface area contributed by atoms with Crippen LogP contribution in [0.2, 0.25) is 0 Å². The molecule has 0 saturated carbocycles. The van der Waals surface area contributed by atoms with Gasteiger partial charge in [-0.15, -0.1) is 0 Å². The maximum absolute atomic E-state index is 10.9. The first-order chi connectivity index (χ1) is 10.8. The summed E-state index contributed by atoms with van der Waals surface area (Å²) in [5.74, 6) is 0.346. The van der Waals surface area contributed by atoms with E-state index < -0.39 is 6.16 Å². The summed E-state index contributed by atoms with van der Waals surface area (Å²) < 4.78 is 11.1. The van der Waals surface area contributed by atoms with E-state index in [0.717, 1.165) is 11.1 Å². The number of ether oxygens (including phenoxy) is 2. The molecule has 2 aromatic carbocycles. The number of hydrogen-bond donors (Lipinski definition) is 1.